The van der Waals surface area contributed by atoms with Crippen LogP contribution in [0.1, 0.15) is 10.4 Å². The first kappa shape index (κ1) is 14.5. The number of nitrogens with zero attached hydrogens (tertiary/aromatic N) is 3. The Hall–Kier alpha value is -1.60. The van der Waals surface area contributed by atoms with Gasteiger partial charge in [0, 0.05) is 10.1 Å². The number of carbonyl (C=O) groups excluding carboxylic acids is 1. The highest BCUT2D eigenvalue weighted by molar-refractivity contribution is 6.30. The van der Waals surface area contributed by atoms with E-state index in [1.807, 2.05) is 0 Å². The molecule has 0 unspecified atom stereocenters. The lowest BCUT2D eigenvalue weighted by molar-refractivity contribution is -0.639. The van der Waals surface area contributed by atoms with Crippen LogP contribution in [0, 0.1) is 0 Å². The topological polar surface area (TPSA) is 85.0 Å². The fraction of sp³-hybridized carbons (Fsp3) is 0.100. The number of nitrogen functional groups attached to an aromatic ring is 1. The van der Waals surface area contributed by atoms with E-state index in [4.69, 9.17) is 17.4 Å². The second kappa shape index (κ2) is 5.83. The first-order chi connectivity index (χ1) is 8.06. The molecule has 96 valence electrons. The lowest BCUT2D eigenvalue weighted by atomic mass is 10.1. The van der Waals surface area contributed by atoms with Crippen LogP contribution in [-0.4, -0.2) is 20.7 Å². The summed E-state index contributed by atoms with van der Waals surface area (Å²) in [6.07, 6.45) is 2.83. The van der Waals surface area contributed by atoms with Crippen LogP contribution in [0.3, 0.4) is 0 Å². The Morgan fingerprint density at radius 2 is 2.28 bits per heavy atom. The first-order valence-electron chi connectivity index (χ1n) is 4.77. The summed E-state index contributed by atoms with van der Waals surface area (Å²) < 4.78 is 2.60. The minimum absolute atomic E-state index is 0. The number of rotatable bonds is 3. The van der Waals surface area contributed by atoms with Crippen molar-refractivity contribution in [1.82, 2.24) is 9.78 Å². The zero-order valence-electron chi connectivity index (χ0n) is 9.12. The van der Waals surface area contributed by atoms with Crippen LogP contribution >= 0.6 is 11.6 Å². The van der Waals surface area contributed by atoms with Gasteiger partial charge in [-0.15, -0.1) is 9.36 Å². The molecule has 2 rings (SSSR count). The van der Waals surface area contributed by atoms with Gasteiger partial charge in [0.15, 0.2) is 6.54 Å². The Kier molecular flexibility index (Phi) is 4.69. The molecular formula is C10H10BrClN4O2. The zero-order chi connectivity index (χ0) is 12.4. The third-order valence-electron chi connectivity index (χ3n) is 2.17. The second-order valence-electron chi connectivity index (χ2n) is 3.48. The van der Waals surface area contributed by atoms with Gasteiger partial charge in [-0.3, -0.25) is 10.6 Å². The molecule has 0 radical (unpaired) electrons. The molecule has 0 atom stereocenters. The predicted molar refractivity (Wildman–Crippen MR) is 60.0 cm³/mol. The summed E-state index contributed by atoms with van der Waals surface area (Å²) in [6.45, 7) is -0.000603. The van der Waals surface area contributed by atoms with Gasteiger partial charge in [0.2, 0.25) is 12.1 Å². The van der Waals surface area contributed by atoms with Crippen molar-refractivity contribution < 1.29 is 31.6 Å². The third kappa shape index (κ3) is 3.21. The highest BCUT2D eigenvalue weighted by Gasteiger charge is 2.15. The molecule has 1 aromatic carbocycles. The Morgan fingerprint density at radius 1 is 1.56 bits per heavy atom. The number of phenolic OH excluding ortho intramolecular Hbond substituents is 1. The number of nitrogens with two attached hydrogens (primary N) is 1. The molecule has 0 spiro atoms. The molecule has 8 heteroatoms. The molecule has 0 fully saturated rings. The number of hydrogen-bond acceptors (Lipinski definition) is 4. The number of Topliss-reactive ketones (excluding diaryl/α,β-unsaturated/α-hetero) is 1. The van der Waals surface area contributed by atoms with Gasteiger partial charge in [-0.05, 0) is 18.2 Å². The van der Waals surface area contributed by atoms with Crippen molar-refractivity contribution in [2.75, 3.05) is 5.84 Å². The molecule has 0 bridgehead atoms. The summed E-state index contributed by atoms with van der Waals surface area (Å²) >= 11 is 5.68. The third-order valence-corrected chi connectivity index (χ3v) is 2.40. The normalized spacial score (nSPS) is 9.83. The van der Waals surface area contributed by atoms with Gasteiger partial charge >= 0.3 is 0 Å². The Morgan fingerprint density at radius 3 is 2.83 bits per heavy atom. The molecule has 0 amide bonds. The van der Waals surface area contributed by atoms with Crippen molar-refractivity contribution >= 4 is 17.4 Å². The molecule has 3 N–H and O–H groups in total. The first-order valence-corrected chi connectivity index (χ1v) is 5.14. The molecule has 1 heterocycles. The van der Waals surface area contributed by atoms with Crippen molar-refractivity contribution in [2.45, 2.75) is 6.54 Å². The molecule has 0 aliphatic rings. The van der Waals surface area contributed by atoms with Crippen molar-refractivity contribution in [3.05, 3.63) is 41.4 Å². The van der Waals surface area contributed by atoms with Crippen LogP contribution < -0.4 is 27.5 Å². The lowest BCUT2D eigenvalue weighted by Gasteiger charge is -2.01. The number of aromatic hydroxyl groups is 1. The van der Waals surface area contributed by atoms with E-state index in [0.717, 1.165) is 0 Å². The number of carbonyl (C=O) groups is 1. The molecule has 18 heavy (non-hydrogen) atoms. The molecule has 0 saturated carbocycles. The molecule has 6 nitrogen and oxygen atoms in total. The van der Waals surface area contributed by atoms with Gasteiger partial charge in [-0.25, -0.2) is 0 Å². The van der Waals surface area contributed by atoms with E-state index in [1.165, 1.54) is 34.1 Å². The Balaban J connectivity index is 0.00000162. The maximum Gasteiger partial charge on any atom is 0.286 e. The van der Waals surface area contributed by atoms with Crippen LogP contribution in [0.2, 0.25) is 5.02 Å². The fourth-order valence-electron chi connectivity index (χ4n) is 1.39. The van der Waals surface area contributed by atoms with E-state index in [2.05, 4.69) is 5.10 Å². The van der Waals surface area contributed by atoms with Crippen molar-refractivity contribution in [2.24, 2.45) is 0 Å². The minimum atomic E-state index is -0.275. The second-order valence-corrected chi connectivity index (χ2v) is 3.91. The molecule has 0 aliphatic heterocycles. The highest BCUT2D eigenvalue weighted by Crippen LogP contribution is 2.22. The van der Waals surface area contributed by atoms with Crippen molar-refractivity contribution in [3.63, 3.8) is 0 Å². The number of hydrogen-bond donors (Lipinski definition) is 2. The maximum absolute atomic E-state index is 11.8. The highest BCUT2D eigenvalue weighted by atomic mass is 79.9. The van der Waals surface area contributed by atoms with E-state index in [0.29, 0.717) is 5.02 Å². The predicted octanol–water partition coefficient (Wildman–Crippen LogP) is -2.87. The minimum Gasteiger partial charge on any atom is -1.00 e. The number of halogens is 2. The van der Waals surface area contributed by atoms with Gasteiger partial charge < -0.3 is 22.1 Å². The van der Waals surface area contributed by atoms with E-state index < -0.39 is 0 Å². The summed E-state index contributed by atoms with van der Waals surface area (Å²) in [5.74, 6) is 4.98. The molecule has 2 aromatic rings. The average molecular weight is 334 g/mol. The zero-order valence-corrected chi connectivity index (χ0v) is 11.5. The van der Waals surface area contributed by atoms with Gasteiger partial charge in [0.05, 0.1) is 5.56 Å². The SMILES string of the molecule is N[n+]1cnn(CC(=O)c2ccc(Cl)cc2O)c1.[Br-]. The summed E-state index contributed by atoms with van der Waals surface area (Å²) in [5.41, 5.74) is 0.202. The van der Waals surface area contributed by atoms with Crippen LogP contribution in [0.15, 0.2) is 30.9 Å². The monoisotopic (exact) mass is 332 g/mol. The number of phenols is 1. The fourth-order valence-corrected chi connectivity index (χ4v) is 1.56. The van der Waals surface area contributed by atoms with E-state index in [-0.39, 0.29) is 40.6 Å². The van der Waals surface area contributed by atoms with Gasteiger partial charge in [-0.1, -0.05) is 11.6 Å². The van der Waals surface area contributed by atoms with Crippen molar-refractivity contribution in [1.29, 1.82) is 0 Å². The van der Waals surface area contributed by atoms with Crippen LogP contribution in [-0.2, 0) is 6.54 Å². The number of benzene rings is 1. The van der Waals surface area contributed by atoms with E-state index in [1.54, 1.807) is 6.07 Å². The molecule has 1 aromatic heterocycles. The van der Waals surface area contributed by atoms with Gasteiger partial charge in [0.25, 0.3) is 6.33 Å². The van der Waals surface area contributed by atoms with E-state index >= 15 is 0 Å². The van der Waals surface area contributed by atoms with Crippen LogP contribution in [0.4, 0.5) is 0 Å². The van der Waals surface area contributed by atoms with Crippen LogP contribution in [0.25, 0.3) is 0 Å². The summed E-state index contributed by atoms with van der Waals surface area (Å²) in [5, 5.41) is 13.8. The number of aromatic nitrogens is 3. The smallest absolute Gasteiger partial charge is 0.286 e. The quantitative estimate of drug-likeness (QED) is 0.359. The lowest BCUT2D eigenvalue weighted by Crippen LogP contribution is -3.00. The van der Waals surface area contributed by atoms with E-state index in [9.17, 15) is 9.90 Å². The summed E-state index contributed by atoms with van der Waals surface area (Å²) in [4.78, 5) is 11.8. The Bertz CT molecular complexity index is 573. The molecular weight excluding hydrogens is 323 g/mol. The van der Waals surface area contributed by atoms with Crippen molar-refractivity contribution in [3.8, 4) is 5.75 Å². The molecule has 0 saturated heterocycles. The molecule has 0 aliphatic carbocycles. The average Bonchev–Trinajstić information content (AvgIpc) is 2.63. The van der Waals surface area contributed by atoms with Gasteiger partial charge in [-0.2, -0.15) is 0 Å². The largest absolute Gasteiger partial charge is 1.00 e. The number of ketones is 1. The maximum atomic E-state index is 11.8. The van der Waals surface area contributed by atoms with Crippen LogP contribution in [0.5, 0.6) is 5.75 Å². The summed E-state index contributed by atoms with van der Waals surface area (Å²) in [6, 6.07) is 4.34. The summed E-state index contributed by atoms with van der Waals surface area (Å²) in [7, 11) is 0. The van der Waals surface area contributed by atoms with Gasteiger partial charge in [0.1, 0.15) is 5.75 Å². The standard InChI is InChI=1S/C10H9ClN4O2.BrH/c11-7-1-2-8(9(16)3-7)10(17)4-15-6-14(12)5-13-15;/h1-3,5-6H,4,12H2;1H. The Labute approximate surface area is 118 Å².